The summed E-state index contributed by atoms with van der Waals surface area (Å²) in [6, 6.07) is 0. The Labute approximate surface area is 72.3 Å². The molecule has 0 aromatic heterocycles. The van der Waals surface area contributed by atoms with Crippen LogP contribution in [0.1, 0.15) is 26.7 Å². The lowest BCUT2D eigenvalue weighted by atomic mass is 10.3. The summed E-state index contributed by atoms with van der Waals surface area (Å²) in [6.45, 7) is 4.90. The quantitative estimate of drug-likeness (QED) is 0.618. The molecule has 0 bridgehead atoms. The Kier molecular flexibility index (Phi) is 3.66. The summed E-state index contributed by atoms with van der Waals surface area (Å²) in [4.78, 5) is 0. The molecule has 2 N–H and O–H groups in total. The first-order chi connectivity index (χ1) is 5.83. The maximum Gasteiger partial charge on any atom is 0.208 e. The van der Waals surface area contributed by atoms with Gasteiger partial charge in [0.05, 0.1) is 0 Å². The predicted molar refractivity (Wildman–Crippen MR) is 47.8 cm³/mol. The van der Waals surface area contributed by atoms with Crippen molar-refractivity contribution in [2.75, 3.05) is 6.54 Å². The first-order valence-electron chi connectivity index (χ1n) is 4.27. The van der Waals surface area contributed by atoms with Crippen molar-refractivity contribution < 1.29 is 0 Å². The van der Waals surface area contributed by atoms with Gasteiger partial charge in [-0.3, -0.25) is 10.7 Å². The van der Waals surface area contributed by atoms with E-state index in [1.165, 1.54) is 6.42 Å². The zero-order chi connectivity index (χ0) is 8.81. The van der Waals surface area contributed by atoms with Crippen LogP contribution >= 0.6 is 0 Å². The smallest absolute Gasteiger partial charge is 0.208 e. The number of hydrogen-bond acceptors (Lipinski definition) is 5. The number of hydrogen-bond donors (Lipinski definition) is 2. The summed E-state index contributed by atoms with van der Waals surface area (Å²) in [7, 11) is 0. The molecule has 0 aromatic rings. The molecule has 5 nitrogen and oxygen atoms in total. The Hall–Kier alpha value is -0.970. The molecule has 0 fully saturated rings. The van der Waals surface area contributed by atoms with Gasteiger partial charge in [-0.15, -0.1) is 10.2 Å². The van der Waals surface area contributed by atoms with E-state index in [0.29, 0.717) is 5.84 Å². The van der Waals surface area contributed by atoms with Gasteiger partial charge in [0.1, 0.15) is 0 Å². The normalized spacial score (nSPS) is 21.8. The van der Waals surface area contributed by atoms with Crippen LogP contribution < -0.4 is 10.7 Å². The molecule has 1 unspecified atom stereocenters. The molecular formula is C7H15N5. The van der Waals surface area contributed by atoms with Crippen LogP contribution in [-0.4, -0.2) is 18.7 Å². The second-order valence-electron chi connectivity index (χ2n) is 2.71. The standard InChI is InChI=1S/C7H15N5/c1-3-4-5-8-7-11-9-6(2)10-12-7/h7-8,11H,3-5H2,1-2H3. The number of hydrazone groups is 1. The molecule has 0 aromatic carbocycles. The van der Waals surface area contributed by atoms with Gasteiger partial charge in [0.15, 0.2) is 5.84 Å². The molecule has 0 saturated heterocycles. The van der Waals surface area contributed by atoms with Crippen molar-refractivity contribution >= 4 is 5.84 Å². The van der Waals surface area contributed by atoms with E-state index >= 15 is 0 Å². The van der Waals surface area contributed by atoms with E-state index in [1.807, 2.05) is 0 Å². The minimum atomic E-state index is -0.139. The van der Waals surface area contributed by atoms with Crippen molar-refractivity contribution in [1.82, 2.24) is 10.7 Å². The lowest BCUT2D eigenvalue weighted by molar-refractivity contribution is 0.421. The van der Waals surface area contributed by atoms with Gasteiger partial charge in [-0.25, -0.2) is 0 Å². The van der Waals surface area contributed by atoms with Crippen LogP contribution in [-0.2, 0) is 0 Å². The van der Waals surface area contributed by atoms with Crippen LogP contribution in [0, 0.1) is 0 Å². The van der Waals surface area contributed by atoms with E-state index in [1.54, 1.807) is 6.92 Å². The third-order valence-corrected chi connectivity index (χ3v) is 1.53. The van der Waals surface area contributed by atoms with Gasteiger partial charge in [-0.1, -0.05) is 13.3 Å². The van der Waals surface area contributed by atoms with Crippen molar-refractivity contribution in [3.05, 3.63) is 0 Å². The van der Waals surface area contributed by atoms with Crippen LogP contribution in [0.5, 0.6) is 0 Å². The average molecular weight is 169 g/mol. The maximum absolute atomic E-state index is 3.95. The highest BCUT2D eigenvalue weighted by atomic mass is 15.5. The zero-order valence-corrected chi connectivity index (χ0v) is 7.54. The molecule has 0 amide bonds. The topological polar surface area (TPSA) is 61.1 Å². The van der Waals surface area contributed by atoms with E-state index in [2.05, 4.69) is 33.0 Å². The number of nitrogens with zero attached hydrogens (tertiary/aromatic N) is 3. The Morgan fingerprint density at radius 3 is 3.00 bits per heavy atom. The van der Waals surface area contributed by atoms with Gasteiger partial charge < -0.3 is 0 Å². The Bertz CT molecular complexity index is 186. The Balaban J connectivity index is 2.16. The fourth-order valence-corrected chi connectivity index (χ4v) is 0.846. The first kappa shape index (κ1) is 9.12. The van der Waals surface area contributed by atoms with Crippen molar-refractivity contribution in [1.29, 1.82) is 0 Å². The molecule has 68 valence electrons. The third-order valence-electron chi connectivity index (χ3n) is 1.53. The maximum atomic E-state index is 3.95. The first-order valence-corrected chi connectivity index (χ1v) is 4.27. The van der Waals surface area contributed by atoms with Gasteiger partial charge in [0.2, 0.25) is 6.29 Å². The molecule has 1 aliphatic rings. The van der Waals surface area contributed by atoms with Crippen LogP contribution in [0.2, 0.25) is 0 Å². The number of azo groups is 1. The highest BCUT2D eigenvalue weighted by Crippen LogP contribution is 1.93. The zero-order valence-electron chi connectivity index (χ0n) is 7.54. The minimum absolute atomic E-state index is 0.139. The van der Waals surface area contributed by atoms with Crippen molar-refractivity contribution in [2.24, 2.45) is 15.3 Å². The van der Waals surface area contributed by atoms with Gasteiger partial charge >= 0.3 is 0 Å². The molecule has 0 aliphatic carbocycles. The fourth-order valence-electron chi connectivity index (χ4n) is 0.846. The monoisotopic (exact) mass is 169 g/mol. The summed E-state index contributed by atoms with van der Waals surface area (Å²) < 4.78 is 0. The van der Waals surface area contributed by atoms with Gasteiger partial charge in [0, 0.05) is 0 Å². The molecule has 5 heteroatoms. The number of unbranched alkanes of at least 4 members (excludes halogenated alkanes) is 1. The fraction of sp³-hybridized carbons (Fsp3) is 0.857. The highest BCUT2D eigenvalue weighted by Gasteiger charge is 2.06. The van der Waals surface area contributed by atoms with Crippen molar-refractivity contribution in [2.45, 2.75) is 33.0 Å². The van der Waals surface area contributed by atoms with Gasteiger partial charge in [0.25, 0.3) is 0 Å². The second kappa shape index (κ2) is 4.82. The van der Waals surface area contributed by atoms with E-state index in [-0.39, 0.29) is 6.29 Å². The SMILES string of the molecule is CCCCNC1N=NC(C)=NN1. The summed E-state index contributed by atoms with van der Waals surface area (Å²) in [6.07, 6.45) is 2.19. The van der Waals surface area contributed by atoms with E-state index < -0.39 is 0 Å². The van der Waals surface area contributed by atoms with Crippen molar-refractivity contribution in [3.63, 3.8) is 0 Å². The summed E-state index contributed by atoms with van der Waals surface area (Å²) in [5.74, 6) is 0.670. The molecule has 1 atom stereocenters. The van der Waals surface area contributed by atoms with Gasteiger partial charge in [-0.2, -0.15) is 5.10 Å². The highest BCUT2D eigenvalue weighted by molar-refractivity contribution is 5.79. The molecule has 1 heterocycles. The van der Waals surface area contributed by atoms with Crippen LogP contribution in [0.4, 0.5) is 0 Å². The number of amidine groups is 1. The van der Waals surface area contributed by atoms with Crippen LogP contribution in [0.15, 0.2) is 15.3 Å². The third kappa shape index (κ3) is 2.96. The molecule has 12 heavy (non-hydrogen) atoms. The van der Waals surface area contributed by atoms with E-state index in [4.69, 9.17) is 0 Å². The summed E-state index contributed by atoms with van der Waals surface area (Å²) in [5, 5.41) is 14.9. The molecule has 1 rings (SSSR count). The van der Waals surface area contributed by atoms with Crippen LogP contribution in [0.25, 0.3) is 0 Å². The molecule has 0 spiro atoms. The molecule has 0 saturated carbocycles. The second-order valence-corrected chi connectivity index (χ2v) is 2.71. The summed E-state index contributed by atoms with van der Waals surface area (Å²) >= 11 is 0. The minimum Gasteiger partial charge on any atom is -0.276 e. The lowest BCUT2D eigenvalue weighted by Crippen LogP contribution is -2.40. The largest absolute Gasteiger partial charge is 0.276 e. The van der Waals surface area contributed by atoms with E-state index in [0.717, 1.165) is 13.0 Å². The number of nitrogens with one attached hydrogen (secondary N) is 2. The number of rotatable bonds is 4. The Morgan fingerprint density at radius 1 is 1.58 bits per heavy atom. The molecular weight excluding hydrogens is 154 g/mol. The average Bonchev–Trinajstić information content (AvgIpc) is 2.09. The lowest BCUT2D eigenvalue weighted by Gasteiger charge is -2.15. The molecule has 1 aliphatic heterocycles. The van der Waals surface area contributed by atoms with Gasteiger partial charge in [-0.05, 0) is 19.9 Å². The van der Waals surface area contributed by atoms with Crippen molar-refractivity contribution in [3.8, 4) is 0 Å². The predicted octanol–water partition coefficient (Wildman–Crippen LogP) is 1.05. The molecule has 0 radical (unpaired) electrons. The van der Waals surface area contributed by atoms with Crippen LogP contribution in [0.3, 0.4) is 0 Å². The summed E-state index contributed by atoms with van der Waals surface area (Å²) in [5.41, 5.74) is 2.84. The Morgan fingerprint density at radius 2 is 2.42 bits per heavy atom. The van der Waals surface area contributed by atoms with E-state index in [9.17, 15) is 0 Å².